The largest absolute Gasteiger partial charge is 0.248 e. The van der Waals surface area contributed by atoms with E-state index < -0.39 is 5.92 Å². The van der Waals surface area contributed by atoms with Crippen LogP contribution >= 0.6 is 0 Å². The first-order valence-corrected chi connectivity index (χ1v) is 10.3. The van der Waals surface area contributed by atoms with Gasteiger partial charge in [0.05, 0.1) is 0 Å². The van der Waals surface area contributed by atoms with E-state index in [-0.39, 0.29) is 18.8 Å². The zero-order chi connectivity index (χ0) is 19.8. The second-order valence-electron chi connectivity index (χ2n) is 7.67. The van der Waals surface area contributed by atoms with Crippen molar-refractivity contribution in [2.75, 3.05) is 0 Å². The van der Waals surface area contributed by atoms with E-state index in [0.29, 0.717) is 12.8 Å². The second-order valence-corrected chi connectivity index (χ2v) is 7.67. The highest BCUT2D eigenvalue weighted by molar-refractivity contribution is 5.52. The maximum absolute atomic E-state index is 13.3. The van der Waals surface area contributed by atoms with Gasteiger partial charge in [0.15, 0.2) is 0 Å². The smallest absolute Gasteiger partial charge is 0.207 e. The Morgan fingerprint density at radius 2 is 1.50 bits per heavy atom. The Hall–Kier alpha value is -2.40. The average Bonchev–Trinajstić information content (AvgIpc) is 2.71. The van der Waals surface area contributed by atoms with Gasteiger partial charge >= 0.3 is 0 Å². The van der Waals surface area contributed by atoms with Crippen LogP contribution < -0.4 is 0 Å². The highest BCUT2D eigenvalue weighted by Gasteiger charge is 2.35. The van der Waals surface area contributed by atoms with E-state index in [1.807, 2.05) is 36.4 Å². The molecule has 28 heavy (non-hydrogen) atoms. The van der Waals surface area contributed by atoms with Gasteiger partial charge in [-0.1, -0.05) is 68.0 Å². The van der Waals surface area contributed by atoms with Crippen LogP contribution in [0, 0.1) is 11.8 Å². The molecule has 0 saturated heterocycles. The van der Waals surface area contributed by atoms with Gasteiger partial charge in [-0.2, -0.15) is 0 Å². The molecule has 1 fully saturated rings. The summed E-state index contributed by atoms with van der Waals surface area (Å²) in [5, 5.41) is 0. The van der Waals surface area contributed by atoms with E-state index in [1.54, 1.807) is 0 Å². The van der Waals surface area contributed by atoms with Gasteiger partial charge in [0.2, 0.25) is 5.92 Å². The van der Waals surface area contributed by atoms with Gasteiger partial charge < -0.3 is 0 Å². The number of alkyl halides is 2. The number of rotatable bonds is 5. The van der Waals surface area contributed by atoms with E-state index in [9.17, 15) is 8.78 Å². The summed E-state index contributed by atoms with van der Waals surface area (Å²) in [6.07, 6.45) is 9.09. The molecule has 146 valence electrons. The molecule has 0 aliphatic heterocycles. The summed E-state index contributed by atoms with van der Waals surface area (Å²) in [5.41, 5.74) is 4.29. The van der Waals surface area contributed by atoms with E-state index in [1.165, 1.54) is 18.4 Å². The molecule has 0 atom stereocenters. The first-order chi connectivity index (χ1) is 13.6. The number of benzene rings is 2. The lowest BCUT2D eigenvalue weighted by atomic mass is 9.82. The lowest BCUT2D eigenvalue weighted by Crippen LogP contribution is -2.23. The Balaban J connectivity index is 1.57. The number of hydrogen-bond acceptors (Lipinski definition) is 0. The number of allylic oxidation sites excluding steroid dienone is 1. The van der Waals surface area contributed by atoms with Crippen molar-refractivity contribution in [1.82, 2.24) is 0 Å². The Kier molecular flexibility index (Phi) is 7.04. The molecule has 0 unspecified atom stereocenters. The van der Waals surface area contributed by atoms with Crippen LogP contribution in [0.2, 0.25) is 0 Å². The van der Waals surface area contributed by atoms with Crippen LogP contribution in [0.15, 0.2) is 54.6 Å². The van der Waals surface area contributed by atoms with Gasteiger partial charge in [0.1, 0.15) is 0 Å². The monoisotopic (exact) mass is 378 g/mol. The van der Waals surface area contributed by atoms with E-state index in [4.69, 9.17) is 0 Å². The third-order valence-corrected chi connectivity index (χ3v) is 5.40. The van der Waals surface area contributed by atoms with Gasteiger partial charge in [0.25, 0.3) is 0 Å². The van der Waals surface area contributed by atoms with Crippen molar-refractivity contribution in [3.8, 4) is 11.8 Å². The Bertz CT molecular complexity index is 823. The molecule has 3 rings (SSSR count). The predicted octanol–water partition coefficient (Wildman–Crippen LogP) is 7.58. The summed E-state index contributed by atoms with van der Waals surface area (Å²) in [6.45, 7) is 2.20. The van der Waals surface area contributed by atoms with Crippen LogP contribution in [0.1, 0.15) is 80.0 Å². The summed E-state index contributed by atoms with van der Waals surface area (Å²) in [7, 11) is 0. The van der Waals surface area contributed by atoms with E-state index >= 15 is 0 Å². The fourth-order valence-electron chi connectivity index (χ4n) is 3.58. The minimum absolute atomic E-state index is 0.00299. The zero-order valence-corrected chi connectivity index (χ0v) is 16.6. The molecule has 1 aliphatic carbocycles. The highest BCUT2D eigenvalue weighted by atomic mass is 19.3. The average molecular weight is 379 g/mol. The van der Waals surface area contributed by atoms with Crippen LogP contribution in [0.5, 0.6) is 0 Å². The zero-order valence-electron chi connectivity index (χ0n) is 16.6. The molecule has 0 heterocycles. The standard InChI is InChI=1S/C26H28F2/c1-2-3-4-5-6-21-7-9-22(10-8-21)11-12-23-13-15-24(16-14-23)25-17-19-26(27,28)20-18-25/h5-10,13-16,25H,2-4,17-20H2,1H3/b6-5+. The molecule has 0 nitrogen and oxygen atoms in total. The molecule has 2 aromatic carbocycles. The van der Waals surface area contributed by atoms with Crippen molar-refractivity contribution in [3.05, 3.63) is 76.9 Å². The fraction of sp³-hybridized carbons (Fsp3) is 0.385. The van der Waals surface area contributed by atoms with Gasteiger partial charge in [0, 0.05) is 24.0 Å². The SMILES string of the molecule is CCCC/C=C/c1ccc(C#Cc2ccc(C3CCC(F)(F)CC3)cc2)cc1. The van der Waals surface area contributed by atoms with Crippen molar-refractivity contribution in [2.45, 2.75) is 63.7 Å². The van der Waals surface area contributed by atoms with Gasteiger partial charge in [-0.15, -0.1) is 0 Å². The van der Waals surface area contributed by atoms with Gasteiger partial charge in [-0.3, -0.25) is 0 Å². The lowest BCUT2D eigenvalue weighted by Gasteiger charge is -2.28. The molecule has 0 bridgehead atoms. The minimum Gasteiger partial charge on any atom is -0.207 e. The van der Waals surface area contributed by atoms with Crippen molar-refractivity contribution >= 4 is 6.08 Å². The maximum Gasteiger partial charge on any atom is 0.248 e. The third-order valence-electron chi connectivity index (χ3n) is 5.40. The molecule has 0 aromatic heterocycles. The molecule has 0 spiro atoms. The first-order valence-electron chi connectivity index (χ1n) is 10.3. The topological polar surface area (TPSA) is 0 Å². The van der Waals surface area contributed by atoms with Crippen LogP contribution in [0.25, 0.3) is 6.08 Å². The molecule has 0 radical (unpaired) electrons. The van der Waals surface area contributed by atoms with E-state index in [0.717, 1.165) is 23.1 Å². The van der Waals surface area contributed by atoms with Gasteiger partial charge in [-0.25, -0.2) is 8.78 Å². The molecular formula is C26H28F2. The van der Waals surface area contributed by atoms with Crippen LogP contribution in [0.3, 0.4) is 0 Å². The first kappa shape index (κ1) is 20.3. The summed E-state index contributed by atoms with van der Waals surface area (Å²) in [5.74, 6) is 4.18. The summed E-state index contributed by atoms with van der Waals surface area (Å²) >= 11 is 0. The van der Waals surface area contributed by atoms with Crippen molar-refractivity contribution in [3.63, 3.8) is 0 Å². The van der Waals surface area contributed by atoms with Gasteiger partial charge in [-0.05, 0) is 60.6 Å². The Morgan fingerprint density at radius 3 is 2.07 bits per heavy atom. The van der Waals surface area contributed by atoms with Crippen molar-refractivity contribution in [1.29, 1.82) is 0 Å². The summed E-state index contributed by atoms with van der Waals surface area (Å²) in [4.78, 5) is 0. The fourth-order valence-corrected chi connectivity index (χ4v) is 3.58. The van der Waals surface area contributed by atoms with Crippen LogP contribution in [0.4, 0.5) is 8.78 Å². The molecular weight excluding hydrogens is 350 g/mol. The quantitative estimate of drug-likeness (QED) is 0.371. The predicted molar refractivity (Wildman–Crippen MR) is 114 cm³/mol. The number of hydrogen-bond donors (Lipinski definition) is 0. The molecule has 1 saturated carbocycles. The van der Waals surface area contributed by atoms with Crippen molar-refractivity contribution < 1.29 is 8.78 Å². The van der Waals surface area contributed by atoms with Crippen LogP contribution in [-0.2, 0) is 0 Å². The number of halogens is 2. The highest BCUT2D eigenvalue weighted by Crippen LogP contribution is 2.40. The van der Waals surface area contributed by atoms with E-state index in [2.05, 4.69) is 43.0 Å². The summed E-state index contributed by atoms with van der Waals surface area (Å²) < 4.78 is 26.6. The van der Waals surface area contributed by atoms with Crippen LogP contribution in [-0.4, -0.2) is 5.92 Å². The second kappa shape index (κ2) is 9.69. The lowest BCUT2D eigenvalue weighted by molar-refractivity contribution is -0.0382. The molecule has 0 N–H and O–H groups in total. The molecule has 2 aromatic rings. The normalized spacial score (nSPS) is 16.7. The molecule has 1 aliphatic rings. The summed E-state index contributed by atoms with van der Waals surface area (Å²) in [6, 6.07) is 16.4. The minimum atomic E-state index is -2.47. The molecule has 0 amide bonds. The Morgan fingerprint density at radius 1 is 0.929 bits per heavy atom. The number of unbranched alkanes of at least 4 members (excludes halogenated alkanes) is 2. The molecule has 2 heteroatoms. The third kappa shape index (κ3) is 6.06. The maximum atomic E-state index is 13.3. The Labute approximate surface area is 167 Å². The van der Waals surface area contributed by atoms with Crippen molar-refractivity contribution in [2.24, 2.45) is 0 Å².